The minimum Gasteiger partial charge on any atom is -0.444 e. The Labute approximate surface area is 155 Å². The number of ether oxygens (including phenoxy) is 1. The molecule has 1 aliphatic heterocycles. The molecule has 0 aromatic carbocycles. The molecular weight excluding hydrogens is 386 g/mol. The molecule has 0 radical (unpaired) electrons. The van der Waals surface area contributed by atoms with Crippen LogP contribution in [0, 0.1) is 6.92 Å². The van der Waals surface area contributed by atoms with Crippen molar-refractivity contribution in [1.82, 2.24) is 24.6 Å². The maximum Gasteiger partial charge on any atom is 0.410 e. The number of aryl methyl sites for hydroxylation is 1. The van der Waals surface area contributed by atoms with E-state index in [-0.39, 0.29) is 12.1 Å². The number of nitrogens with zero attached hydrogens (tertiary/aromatic N) is 5. The normalized spacial score (nSPS) is 19.1. The fourth-order valence-electron chi connectivity index (χ4n) is 3.16. The summed E-state index contributed by atoms with van der Waals surface area (Å²) in [6.45, 7) is 8.99. The molecule has 25 heavy (non-hydrogen) atoms. The van der Waals surface area contributed by atoms with Crippen LogP contribution in [0.3, 0.4) is 0 Å². The first-order valence-electron chi connectivity index (χ1n) is 8.59. The van der Waals surface area contributed by atoms with E-state index in [1.54, 1.807) is 11.2 Å². The lowest BCUT2D eigenvalue weighted by molar-refractivity contribution is 0.0255. The Morgan fingerprint density at radius 1 is 1.28 bits per heavy atom. The standard InChI is InChI=1S/C17H24BrN5O2/c1-11-13-14(18)21-23(15(13)20-10-19-11)12-6-5-8-22(9-7-12)16(24)25-17(2,3)4/h10,12H,5-9H2,1-4H3/t12-/m0/s1. The summed E-state index contributed by atoms with van der Waals surface area (Å²) in [5.74, 6) is 0. The first kappa shape index (κ1) is 18.1. The average Bonchev–Trinajstić information content (AvgIpc) is 2.70. The summed E-state index contributed by atoms with van der Waals surface area (Å²) in [6, 6.07) is 0.204. The highest BCUT2D eigenvalue weighted by molar-refractivity contribution is 9.10. The highest BCUT2D eigenvalue weighted by Gasteiger charge is 2.27. The van der Waals surface area contributed by atoms with E-state index in [0.717, 1.165) is 40.6 Å². The van der Waals surface area contributed by atoms with Crippen LogP contribution in [0.15, 0.2) is 10.9 Å². The van der Waals surface area contributed by atoms with Crippen molar-refractivity contribution in [2.75, 3.05) is 13.1 Å². The van der Waals surface area contributed by atoms with Crippen molar-refractivity contribution in [2.24, 2.45) is 0 Å². The van der Waals surface area contributed by atoms with Crippen molar-refractivity contribution >= 4 is 33.1 Å². The predicted molar refractivity (Wildman–Crippen MR) is 98.5 cm³/mol. The van der Waals surface area contributed by atoms with Crippen LogP contribution in [0.25, 0.3) is 11.0 Å². The van der Waals surface area contributed by atoms with E-state index in [1.165, 1.54) is 0 Å². The maximum atomic E-state index is 12.3. The lowest BCUT2D eigenvalue weighted by Crippen LogP contribution is -2.37. The fraction of sp³-hybridized carbons (Fsp3) is 0.647. The minimum atomic E-state index is -0.472. The van der Waals surface area contributed by atoms with Gasteiger partial charge in [0, 0.05) is 13.1 Å². The molecule has 0 aliphatic carbocycles. The highest BCUT2D eigenvalue weighted by atomic mass is 79.9. The van der Waals surface area contributed by atoms with Gasteiger partial charge in [0.15, 0.2) is 5.65 Å². The Morgan fingerprint density at radius 2 is 2.04 bits per heavy atom. The second kappa shape index (κ2) is 6.90. The number of aromatic nitrogens is 4. The van der Waals surface area contributed by atoms with Crippen molar-refractivity contribution in [2.45, 2.75) is 58.6 Å². The van der Waals surface area contributed by atoms with Gasteiger partial charge in [0.05, 0.1) is 17.1 Å². The number of rotatable bonds is 1. The number of halogens is 1. The molecular formula is C17H24BrN5O2. The van der Waals surface area contributed by atoms with E-state index in [2.05, 4.69) is 31.0 Å². The quantitative estimate of drug-likeness (QED) is 0.714. The summed E-state index contributed by atoms with van der Waals surface area (Å²) in [4.78, 5) is 22.8. The molecule has 8 heteroatoms. The molecule has 7 nitrogen and oxygen atoms in total. The van der Waals surface area contributed by atoms with E-state index in [0.29, 0.717) is 13.1 Å². The van der Waals surface area contributed by atoms with Crippen LogP contribution >= 0.6 is 15.9 Å². The van der Waals surface area contributed by atoms with Crippen molar-refractivity contribution in [3.63, 3.8) is 0 Å². The van der Waals surface area contributed by atoms with E-state index >= 15 is 0 Å². The number of hydrogen-bond donors (Lipinski definition) is 0. The average molecular weight is 410 g/mol. The van der Waals surface area contributed by atoms with Crippen molar-refractivity contribution in [3.05, 3.63) is 16.6 Å². The topological polar surface area (TPSA) is 73.1 Å². The zero-order chi connectivity index (χ0) is 18.2. The van der Waals surface area contributed by atoms with Gasteiger partial charge in [-0.3, -0.25) is 0 Å². The van der Waals surface area contributed by atoms with Crippen LogP contribution in [0.2, 0.25) is 0 Å². The third-order valence-corrected chi connectivity index (χ3v) is 4.89. The Bertz CT molecular complexity index is 783. The Kier molecular flexibility index (Phi) is 4.99. The molecule has 3 heterocycles. The molecule has 0 spiro atoms. The molecule has 1 aliphatic rings. The smallest absolute Gasteiger partial charge is 0.410 e. The lowest BCUT2D eigenvalue weighted by atomic mass is 10.1. The van der Waals surface area contributed by atoms with Crippen LogP contribution in [0.5, 0.6) is 0 Å². The summed E-state index contributed by atoms with van der Waals surface area (Å²) < 4.78 is 8.25. The zero-order valence-corrected chi connectivity index (χ0v) is 16.7. The van der Waals surface area contributed by atoms with Crippen LogP contribution < -0.4 is 0 Å². The minimum absolute atomic E-state index is 0.204. The van der Waals surface area contributed by atoms with Gasteiger partial charge in [0.25, 0.3) is 0 Å². The van der Waals surface area contributed by atoms with Crippen LogP contribution in [0.1, 0.15) is 51.8 Å². The summed E-state index contributed by atoms with van der Waals surface area (Å²) in [7, 11) is 0. The second-order valence-corrected chi connectivity index (χ2v) is 8.20. The Morgan fingerprint density at radius 3 is 2.76 bits per heavy atom. The third kappa shape index (κ3) is 3.94. The number of hydrogen-bond acceptors (Lipinski definition) is 5. The van der Waals surface area contributed by atoms with Gasteiger partial charge in [-0.05, 0) is 62.9 Å². The molecule has 0 saturated carbocycles. The number of amides is 1. The van der Waals surface area contributed by atoms with Crippen LogP contribution in [-0.4, -0.2) is 49.4 Å². The molecule has 3 rings (SSSR count). The van der Waals surface area contributed by atoms with Gasteiger partial charge in [-0.25, -0.2) is 19.4 Å². The van der Waals surface area contributed by atoms with Gasteiger partial charge in [-0.15, -0.1) is 0 Å². The highest BCUT2D eigenvalue weighted by Crippen LogP contribution is 2.30. The fourth-order valence-corrected chi connectivity index (χ4v) is 3.79. The summed E-state index contributed by atoms with van der Waals surface area (Å²) >= 11 is 3.53. The Balaban J connectivity index is 1.78. The van der Waals surface area contributed by atoms with E-state index in [1.807, 2.05) is 32.4 Å². The zero-order valence-electron chi connectivity index (χ0n) is 15.1. The van der Waals surface area contributed by atoms with Crippen LogP contribution in [-0.2, 0) is 4.74 Å². The van der Waals surface area contributed by atoms with E-state index in [9.17, 15) is 4.79 Å². The molecule has 1 atom stereocenters. The van der Waals surface area contributed by atoms with Gasteiger partial charge in [0.2, 0.25) is 0 Å². The molecule has 136 valence electrons. The first-order valence-corrected chi connectivity index (χ1v) is 9.39. The van der Waals surface area contributed by atoms with Crippen molar-refractivity contribution < 1.29 is 9.53 Å². The molecule has 1 amide bonds. The maximum absolute atomic E-state index is 12.3. The van der Waals surface area contributed by atoms with Gasteiger partial charge in [-0.1, -0.05) is 0 Å². The summed E-state index contributed by atoms with van der Waals surface area (Å²) in [6.07, 6.45) is 4.02. The van der Waals surface area contributed by atoms with Crippen LogP contribution in [0.4, 0.5) is 4.79 Å². The van der Waals surface area contributed by atoms with E-state index < -0.39 is 5.60 Å². The summed E-state index contributed by atoms with van der Waals surface area (Å²) in [5, 5.41) is 5.60. The molecule has 1 saturated heterocycles. The van der Waals surface area contributed by atoms with Gasteiger partial charge in [0.1, 0.15) is 16.5 Å². The number of likely N-dealkylation sites (tertiary alicyclic amines) is 1. The lowest BCUT2D eigenvalue weighted by Gasteiger charge is -2.26. The number of carbonyl (C=O) groups excluding carboxylic acids is 1. The largest absolute Gasteiger partial charge is 0.444 e. The van der Waals surface area contributed by atoms with Gasteiger partial charge < -0.3 is 9.64 Å². The predicted octanol–water partition coefficient (Wildman–Crippen LogP) is 3.86. The number of carbonyl (C=O) groups is 1. The SMILES string of the molecule is Cc1ncnc2c1c(Br)nn2[C@H]1CCCN(C(=O)OC(C)(C)C)CC1. The monoisotopic (exact) mass is 409 g/mol. The molecule has 2 aromatic heterocycles. The second-order valence-electron chi connectivity index (χ2n) is 7.45. The van der Waals surface area contributed by atoms with Gasteiger partial charge in [-0.2, -0.15) is 5.10 Å². The molecule has 0 N–H and O–H groups in total. The van der Waals surface area contributed by atoms with Gasteiger partial charge >= 0.3 is 6.09 Å². The number of fused-ring (bicyclic) bond motifs is 1. The third-order valence-electron chi connectivity index (χ3n) is 4.33. The summed E-state index contributed by atoms with van der Waals surface area (Å²) in [5.41, 5.74) is 1.28. The van der Waals surface area contributed by atoms with E-state index in [4.69, 9.17) is 4.74 Å². The van der Waals surface area contributed by atoms with Crippen molar-refractivity contribution in [1.29, 1.82) is 0 Å². The molecule has 0 bridgehead atoms. The first-order chi connectivity index (χ1) is 11.8. The molecule has 0 unspecified atom stereocenters. The Hall–Kier alpha value is -1.70. The van der Waals surface area contributed by atoms with Crippen molar-refractivity contribution in [3.8, 4) is 0 Å². The molecule has 1 fully saturated rings. The molecule has 2 aromatic rings.